The number of Topliss-reactive ketones (excluding diaryl/α,β-unsaturated/α-hetero) is 1. The molecule has 1 aliphatic rings. The average molecular weight is 411 g/mol. The van der Waals surface area contributed by atoms with Gasteiger partial charge in [-0.1, -0.05) is 48.9 Å². The lowest BCUT2D eigenvalue weighted by Gasteiger charge is -2.31. The van der Waals surface area contributed by atoms with Gasteiger partial charge < -0.3 is 9.53 Å². The summed E-state index contributed by atoms with van der Waals surface area (Å²) in [5.74, 6) is -0.878. The van der Waals surface area contributed by atoms with Crippen LogP contribution in [0.2, 0.25) is 5.02 Å². The maximum absolute atomic E-state index is 13.2. The Morgan fingerprint density at radius 1 is 1.21 bits per heavy atom. The minimum atomic E-state index is -0.782. The minimum absolute atomic E-state index is 0.0962. The van der Waals surface area contributed by atoms with Crippen LogP contribution in [0.3, 0.4) is 0 Å². The first kappa shape index (κ1) is 21.5. The van der Waals surface area contributed by atoms with Crippen molar-refractivity contribution in [2.24, 2.45) is 0 Å². The monoisotopic (exact) mass is 410 g/mol. The predicted molar refractivity (Wildman–Crippen MR) is 117 cm³/mol. The molecule has 4 heteroatoms. The quantitative estimate of drug-likeness (QED) is 0.419. The molecule has 3 rings (SSSR count). The molecule has 0 N–H and O–H groups in total. The van der Waals surface area contributed by atoms with Crippen LogP contribution in [0.1, 0.15) is 50.2 Å². The summed E-state index contributed by atoms with van der Waals surface area (Å²) < 4.78 is 5.55. The highest BCUT2D eigenvalue weighted by atomic mass is 35.5. The molecule has 0 bridgehead atoms. The van der Waals surface area contributed by atoms with Crippen molar-refractivity contribution in [1.82, 2.24) is 0 Å². The number of methoxy groups -OCH3 is 1. The van der Waals surface area contributed by atoms with Gasteiger partial charge in [-0.2, -0.15) is 0 Å². The number of carbonyl (C=O) groups excluding carboxylic acids is 2. The minimum Gasteiger partial charge on any atom is -0.378 e. The highest BCUT2D eigenvalue weighted by molar-refractivity contribution is 6.30. The van der Waals surface area contributed by atoms with E-state index in [0.29, 0.717) is 17.9 Å². The van der Waals surface area contributed by atoms with Gasteiger partial charge >= 0.3 is 0 Å². The summed E-state index contributed by atoms with van der Waals surface area (Å²) in [5, 5.41) is 0.674. The van der Waals surface area contributed by atoms with E-state index in [1.54, 1.807) is 7.11 Å². The number of rotatable bonds is 7. The largest absolute Gasteiger partial charge is 0.378 e. The number of ether oxygens (including phenoxy) is 1. The molecular formula is C25H27ClO3. The highest BCUT2D eigenvalue weighted by Gasteiger charge is 2.32. The van der Waals surface area contributed by atoms with Gasteiger partial charge in [-0.3, -0.25) is 4.79 Å². The second-order valence-electron chi connectivity index (χ2n) is 7.84. The van der Waals surface area contributed by atoms with Gasteiger partial charge in [-0.15, -0.1) is 0 Å². The van der Waals surface area contributed by atoms with E-state index in [-0.39, 0.29) is 11.4 Å². The topological polar surface area (TPSA) is 43.4 Å². The molecule has 0 saturated carbocycles. The van der Waals surface area contributed by atoms with Crippen LogP contribution < -0.4 is 0 Å². The molecule has 2 aromatic rings. The second kappa shape index (κ2) is 9.06. The number of halogens is 1. The van der Waals surface area contributed by atoms with Gasteiger partial charge in [0.25, 0.3) is 0 Å². The van der Waals surface area contributed by atoms with Crippen molar-refractivity contribution < 1.29 is 14.3 Å². The van der Waals surface area contributed by atoms with E-state index in [2.05, 4.69) is 0 Å². The SMILES string of the molecule is CCc1ccc(-c2ccc(Cl)cc2)cc1C(C=O)C(=O)C1=CCC(C)(OC)CC1. The van der Waals surface area contributed by atoms with Gasteiger partial charge in [0.1, 0.15) is 12.2 Å². The molecule has 0 spiro atoms. The van der Waals surface area contributed by atoms with E-state index >= 15 is 0 Å². The molecule has 0 amide bonds. The number of hydrogen-bond donors (Lipinski definition) is 0. The molecule has 0 aliphatic heterocycles. The fraction of sp³-hybridized carbons (Fsp3) is 0.360. The third-order valence-electron chi connectivity index (χ3n) is 5.97. The Morgan fingerprint density at radius 3 is 2.45 bits per heavy atom. The van der Waals surface area contributed by atoms with Gasteiger partial charge in [0, 0.05) is 12.1 Å². The van der Waals surface area contributed by atoms with Crippen LogP contribution in [0.25, 0.3) is 11.1 Å². The maximum Gasteiger partial charge on any atom is 0.173 e. The van der Waals surface area contributed by atoms with Crippen molar-refractivity contribution in [1.29, 1.82) is 0 Å². The molecule has 3 nitrogen and oxygen atoms in total. The molecule has 152 valence electrons. The van der Waals surface area contributed by atoms with Crippen LogP contribution >= 0.6 is 11.6 Å². The smallest absolute Gasteiger partial charge is 0.173 e. The number of benzene rings is 2. The van der Waals surface area contributed by atoms with Crippen LogP contribution in [0.5, 0.6) is 0 Å². The Kier molecular flexibility index (Phi) is 6.71. The molecule has 2 aromatic carbocycles. The first-order valence-corrected chi connectivity index (χ1v) is 10.4. The molecule has 29 heavy (non-hydrogen) atoms. The zero-order valence-corrected chi connectivity index (χ0v) is 18.0. The zero-order valence-electron chi connectivity index (χ0n) is 17.2. The van der Waals surface area contributed by atoms with Crippen LogP contribution in [0, 0.1) is 0 Å². The van der Waals surface area contributed by atoms with Crippen LogP contribution in [-0.2, 0) is 20.7 Å². The molecular weight excluding hydrogens is 384 g/mol. The van der Waals surface area contributed by atoms with Gasteiger partial charge in [-0.25, -0.2) is 0 Å². The number of allylic oxidation sites excluding steroid dienone is 1. The van der Waals surface area contributed by atoms with Crippen molar-refractivity contribution in [2.45, 2.75) is 51.0 Å². The summed E-state index contributed by atoms with van der Waals surface area (Å²) in [5.41, 5.74) is 4.29. The van der Waals surface area contributed by atoms with Crippen molar-refractivity contribution in [3.8, 4) is 11.1 Å². The normalized spacial score (nSPS) is 20.1. The van der Waals surface area contributed by atoms with Crippen molar-refractivity contribution in [3.63, 3.8) is 0 Å². The van der Waals surface area contributed by atoms with E-state index < -0.39 is 5.92 Å². The summed E-state index contributed by atoms with van der Waals surface area (Å²) in [6, 6.07) is 13.6. The Labute approximate surface area is 177 Å². The first-order chi connectivity index (χ1) is 13.9. The number of carbonyl (C=O) groups is 2. The Balaban J connectivity index is 1.96. The van der Waals surface area contributed by atoms with E-state index in [1.807, 2.05) is 62.4 Å². The van der Waals surface area contributed by atoms with Gasteiger partial charge in [0.2, 0.25) is 0 Å². The summed E-state index contributed by atoms with van der Waals surface area (Å²) in [7, 11) is 1.70. The lowest BCUT2D eigenvalue weighted by molar-refractivity contribution is -0.121. The van der Waals surface area contributed by atoms with E-state index in [4.69, 9.17) is 16.3 Å². The lowest BCUT2D eigenvalue weighted by Crippen LogP contribution is -2.31. The summed E-state index contributed by atoms with van der Waals surface area (Å²) >= 11 is 6.00. The van der Waals surface area contributed by atoms with Crippen molar-refractivity contribution in [2.75, 3.05) is 7.11 Å². The Morgan fingerprint density at radius 2 is 1.90 bits per heavy atom. The van der Waals surface area contributed by atoms with E-state index in [0.717, 1.165) is 47.0 Å². The number of hydrogen-bond acceptors (Lipinski definition) is 3. The third-order valence-corrected chi connectivity index (χ3v) is 6.22. The van der Waals surface area contributed by atoms with Gasteiger partial charge in [0.15, 0.2) is 5.78 Å². The molecule has 0 heterocycles. The Hall–Kier alpha value is -2.23. The standard InChI is InChI=1S/C25H27ClO3/c1-4-17-5-6-20(18-7-9-21(26)10-8-18)15-22(17)23(16-27)24(28)19-11-13-25(2,29-3)14-12-19/h5-11,15-16,23H,4,12-14H2,1-3H3. The zero-order chi connectivity index (χ0) is 21.0. The Bertz CT molecular complexity index is 930. The summed E-state index contributed by atoms with van der Waals surface area (Å²) in [6.45, 7) is 4.09. The summed E-state index contributed by atoms with van der Waals surface area (Å²) in [4.78, 5) is 25.3. The molecule has 0 saturated heterocycles. The van der Waals surface area contributed by atoms with E-state index in [9.17, 15) is 9.59 Å². The maximum atomic E-state index is 13.2. The van der Waals surface area contributed by atoms with Gasteiger partial charge in [-0.05, 0) is 78.6 Å². The molecule has 0 fully saturated rings. The fourth-order valence-electron chi connectivity index (χ4n) is 3.86. The highest BCUT2D eigenvalue weighted by Crippen LogP contribution is 2.34. The number of aldehydes is 1. The lowest BCUT2D eigenvalue weighted by atomic mass is 9.80. The van der Waals surface area contributed by atoms with Crippen LogP contribution in [0.15, 0.2) is 54.1 Å². The fourth-order valence-corrected chi connectivity index (χ4v) is 3.98. The molecule has 2 unspecified atom stereocenters. The average Bonchev–Trinajstić information content (AvgIpc) is 2.75. The summed E-state index contributed by atoms with van der Waals surface area (Å²) in [6.07, 6.45) is 5.58. The molecule has 1 aliphatic carbocycles. The van der Waals surface area contributed by atoms with E-state index in [1.165, 1.54) is 0 Å². The molecule has 0 aromatic heterocycles. The second-order valence-corrected chi connectivity index (χ2v) is 8.28. The van der Waals surface area contributed by atoms with Gasteiger partial charge in [0.05, 0.1) is 5.60 Å². The van der Waals surface area contributed by atoms with Crippen LogP contribution in [-0.4, -0.2) is 24.8 Å². The van der Waals surface area contributed by atoms with Crippen molar-refractivity contribution in [3.05, 3.63) is 70.3 Å². The molecule has 0 radical (unpaired) electrons. The third kappa shape index (κ3) is 4.68. The number of ketones is 1. The molecule has 2 atom stereocenters. The van der Waals surface area contributed by atoms with Crippen LogP contribution in [0.4, 0.5) is 0 Å². The predicted octanol–water partition coefficient (Wildman–Crippen LogP) is 5.94. The number of aryl methyl sites for hydroxylation is 1. The van der Waals surface area contributed by atoms with Crippen molar-refractivity contribution >= 4 is 23.7 Å². The first-order valence-electron chi connectivity index (χ1n) is 10.0.